The molecule has 0 spiro atoms. The third kappa shape index (κ3) is 6.10. The van der Waals surface area contributed by atoms with Gasteiger partial charge in [-0.25, -0.2) is 13.1 Å². The number of halogens is 3. The number of hydrogen-bond donors (Lipinski definition) is 4. The number of carbonyl (C=O) groups is 1. The van der Waals surface area contributed by atoms with Crippen LogP contribution in [0.15, 0.2) is 11.0 Å². The van der Waals surface area contributed by atoms with Crippen molar-refractivity contribution in [2.45, 2.75) is 62.1 Å². The molecular weight excluding hydrogens is 549 g/mol. The molecule has 2 aromatic rings. The Hall–Kier alpha value is -2.23. The molecule has 1 amide bonds. The first-order valence-corrected chi connectivity index (χ1v) is 14.8. The summed E-state index contributed by atoms with van der Waals surface area (Å²) in [4.78, 5) is 13.5. The lowest BCUT2D eigenvalue weighted by atomic mass is 9.94. The maximum absolute atomic E-state index is 13.4. The number of aromatic nitrogens is 2. The molecule has 1 atom stereocenters. The highest BCUT2D eigenvalue weighted by molar-refractivity contribution is 7.90. The van der Waals surface area contributed by atoms with Crippen molar-refractivity contribution in [2.75, 3.05) is 17.2 Å². The minimum absolute atomic E-state index is 0.0724. The molecule has 0 aromatic carbocycles. The number of thiocarbonyl (C=S) groups is 1. The summed E-state index contributed by atoms with van der Waals surface area (Å²) >= 11 is 6.63. The van der Waals surface area contributed by atoms with Crippen LogP contribution in [0.3, 0.4) is 0 Å². The van der Waals surface area contributed by atoms with Gasteiger partial charge in [-0.05, 0) is 68.6 Å². The van der Waals surface area contributed by atoms with E-state index < -0.39 is 21.9 Å². The number of amides is 1. The van der Waals surface area contributed by atoms with Gasteiger partial charge in [0.2, 0.25) is 15.9 Å². The smallest absolute Gasteiger partial charge is 0.359 e. The minimum Gasteiger partial charge on any atom is -0.359 e. The number of aryl methyl sites for hydroxylation is 2. The Morgan fingerprint density at radius 3 is 2.57 bits per heavy atom. The van der Waals surface area contributed by atoms with Crippen molar-refractivity contribution in [1.82, 2.24) is 19.8 Å². The summed E-state index contributed by atoms with van der Waals surface area (Å²) in [7, 11) is -2.48. The average molecular weight is 577 g/mol. The third-order valence-electron chi connectivity index (χ3n) is 6.67. The van der Waals surface area contributed by atoms with Crippen molar-refractivity contribution >= 4 is 55.4 Å². The predicted octanol–water partition coefficient (Wildman–Crippen LogP) is 3.38. The van der Waals surface area contributed by atoms with Gasteiger partial charge in [0.05, 0.1) is 0 Å². The Kier molecular flexibility index (Phi) is 7.00. The molecule has 9 nitrogen and oxygen atoms in total. The molecule has 3 aliphatic rings. The first kappa shape index (κ1) is 26.4. The van der Waals surface area contributed by atoms with Gasteiger partial charge in [-0.1, -0.05) is 0 Å². The number of fused-ring (bicyclic) bond motifs is 1. The van der Waals surface area contributed by atoms with Crippen LogP contribution in [0, 0.1) is 11.8 Å². The van der Waals surface area contributed by atoms with Crippen LogP contribution in [0.5, 0.6) is 0 Å². The number of hydrogen-bond acceptors (Lipinski definition) is 6. The van der Waals surface area contributed by atoms with Gasteiger partial charge in [0.1, 0.15) is 15.7 Å². The Balaban J connectivity index is 1.32. The van der Waals surface area contributed by atoms with E-state index in [2.05, 4.69) is 25.8 Å². The standard InChI is InChI=1S/C22H27F3N6O3S3/c1-31-17(9-16(30-31)22(23,24)25)28-21(35)27-13-6-7-15-14(8-13)18(37(33,34)26-10-11-2-3-11)20(36-15)29-19(32)12-4-5-12/h9,11-13,26H,2-8,10H2,1H3,(H,29,32)(H2,27,28,35). The molecule has 5 rings (SSSR count). The van der Waals surface area contributed by atoms with Crippen LogP contribution >= 0.6 is 23.6 Å². The fourth-order valence-corrected chi connectivity index (χ4v) is 7.65. The predicted molar refractivity (Wildman–Crippen MR) is 137 cm³/mol. The number of carbonyl (C=O) groups excluding carboxylic acids is 1. The van der Waals surface area contributed by atoms with Gasteiger partial charge < -0.3 is 16.0 Å². The second-order valence-corrected chi connectivity index (χ2v) is 13.0. The van der Waals surface area contributed by atoms with E-state index in [1.54, 1.807) is 0 Å². The van der Waals surface area contributed by atoms with E-state index >= 15 is 0 Å². The molecule has 0 bridgehead atoms. The van der Waals surface area contributed by atoms with Crippen molar-refractivity contribution in [3.63, 3.8) is 0 Å². The van der Waals surface area contributed by atoms with Crippen LogP contribution < -0.4 is 20.7 Å². The molecule has 2 heterocycles. The maximum atomic E-state index is 13.4. The van der Waals surface area contributed by atoms with Gasteiger partial charge in [0.15, 0.2) is 10.8 Å². The van der Waals surface area contributed by atoms with E-state index in [0.29, 0.717) is 42.3 Å². The molecule has 2 aromatic heterocycles. The monoisotopic (exact) mass is 576 g/mol. The summed E-state index contributed by atoms with van der Waals surface area (Å²) in [6.45, 7) is 0.364. The van der Waals surface area contributed by atoms with E-state index in [1.165, 1.54) is 18.4 Å². The largest absolute Gasteiger partial charge is 0.435 e. The van der Waals surface area contributed by atoms with Crippen LogP contribution in [0.25, 0.3) is 0 Å². The van der Waals surface area contributed by atoms with E-state index in [4.69, 9.17) is 12.2 Å². The molecule has 0 aliphatic heterocycles. The summed E-state index contributed by atoms with van der Waals surface area (Å²) in [6, 6.07) is 0.624. The molecular formula is C22H27F3N6O3S3. The molecule has 4 N–H and O–H groups in total. The van der Waals surface area contributed by atoms with Gasteiger partial charge in [0, 0.05) is 36.5 Å². The summed E-state index contributed by atoms with van der Waals surface area (Å²) in [5.74, 6) is 0.189. The molecule has 37 heavy (non-hydrogen) atoms. The van der Waals surface area contributed by atoms with Crippen molar-refractivity contribution in [2.24, 2.45) is 18.9 Å². The number of alkyl halides is 3. The third-order valence-corrected chi connectivity index (χ3v) is 9.76. The van der Waals surface area contributed by atoms with Crippen molar-refractivity contribution in [3.8, 4) is 0 Å². The SMILES string of the molecule is Cn1nc(C(F)(F)F)cc1NC(=S)NC1CCc2sc(NC(=O)C3CC3)c(S(=O)(=O)NCC3CC3)c2C1. The number of nitrogens with one attached hydrogen (secondary N) is 4. The summed E-state index contributed by atoms with van der Waals surface area (Å²) in [5.41, 5.74) is -0.388. The van der Waals surface area contributed by atoms with Crippen molar-refractivity contribution in [1.29, 1.82) is 0 Å². The van der Waals surface area contributed by atoms with Gasteiger partial charge in [0.25, 0.3) is 0 Å². The molecule has 3 aliphatic carbocycles. The van der Waals surface area contributed by atoms with Crippen LogP contribution in [-0.4, -0.2) is 41.8 Å². The topological polar surface area (TPSA) is 117 Å². The Morgan fingerprint density at radius 1 is 1.22 bits per heavy atom. The van der Waals surface area contributed by atoms with Crippen molar-refractivity contribution in [3.05, 3.63) is 22.2 Å². The van der Waals surface area contributed by atoms with Crippen LogP contribution in [0.1, 0.15) is 48.2 Å². The normalized spacial score (nSPS) is 19.8. The summed E-state index contributed by atoms with van der Waals surface area (Å²) in [5, 5.41) is 12.6. The number of rotatable bonds is 8. The van der Waals surface area contributed by atoms with E-state index in [1.807, 2.05) is 0 Å². The Morgan fingerprint density at radius 2 is 1.95 bits per heavy atom. The molecule has 2 fully saturated rings. The van der Waals surface area contributed by atoms with E-state index in [9.17, 15) is 26.4 Å². The average Bonchev–Trinajstić information content (AvgIpc) is 3.72. The highest BCUT2D eigenvalue weighted by atomic mass is 32.2. The van der Waals surface area contributed by atoms with Crippen LogP contribution in [0.2, 0.25) is 0 Å². The Labute approximate surface area is 221 Å². The number of thiophene rings is 1. The van der Waals surface area contributed by atoms with Crippen LogP contribution in [0.4, 0.5) is 24.0 Å². The maximum Gasteiger partial charge on any atom is 0.435 e. The first-order chi connectivity index (χ1) is 17.4. The summed E-state index contributed by atoms with van der Waals surface area (Å²) in [6.07, 6.45) is 0.570. The fraction of sp³-hybridized carbons (Fsp3) is 0.591. The van der Waals surface area contributed by atoms with Crippen LogP contribution in [-0.2, 0) is 40.9 Å². The Bertz CT molecular complexity index is 1330. The number of anilines is 2. The second kappa shape index (κ2) is 9.82. The van der Waals surface area contributed by atoms with Gasteiger partial charge >= 0.3 is 6.18 Å². The zero-order chi connectivity index (χ0) is 26.5. The zero-order valence-corrected chi connectivity index (χ0v) is 22.4. The lowest BCUT2D eigenvalue weighted by Crippen LogP contribution is -2.41. The molecule has 2 saturated carbocycles. The molecule has 0 saturated heterocycles. The van der Waals surface area contributed by atoms with Gasteiger partial charge in [-0.15, -0.1) is 11.3 Å². The lowest BCUT2D eigenvalue weighted by Gasteiger charge is -2.25. The second-order valence-electron chi connectivity index (χ2n) is 9.80. The van der Waals surface area contributed by atoms with E-state index in [-0.39, 0.29) is 33.7 Å². The number of sulfonamides is 1. The zero-order valence-electron chi connectivity index (χ0n) is 19.9. The molecule has 202 valence electrons. The highest BCUT2D eigenvalue weighted by Gasteiger charge is 2.37. The highest BCUT2D eigenvalue weighted by Crippen LogP contribution is 2.42. The fourth-order valence-electron chi connectivity index (χ4n) is 4.29. The van der Waals surface area contributed by atoms with E-state index in [0.717, 1.165) is 41.3 Å². The van der Waals surface area contributed by atoms with Gasteiger partial charge in [-0.3, -0.25) is 9.48 Å². The van der Waals surface area contributed by atoms with Gasteiger partial charge in [-0.2, -0.15) is 18.3 Å². The minimum atomic E-state index is -4.58. The van der Waals surface area contributed by atoms with Crippen molar-refractivity contribution < 1.29 is 26.4 Å². The number of nitrogens with zero attached hydrogens (tertiary/aromatic N) is 2. The summed E-state index contributed by atoms with van der Waals surface area (Å²) < 4.78 is 69.4. The molecule has 0 radical (unpaired) electrons. The first-order valence-electron chi connectivity index (χ1n) is 12.0. The quantitative estimate of drug-likeness (QED) is 0.356. The molecule has 15 heteroatoms. The lowest BCUT2D eigenvalue weighted by molar-refractivity contribution is -0.141. The molecule has 1 unspecified atom stereocenters.